The number of carbonyl (C=O) groups is 2. The fourth-order valence-electron chi connectivity index (χ4n) is 3.10. The van der Waals surface area contributed by atoms with E-state index in [9.17, 15) is 9.59 Å². The molecule has 0 aromatic rings. The first-order chi connectivity index (χ1) is 8.35. The third kappa shape index (κ3) is 1.22. The van der Waals surface area contributed by atoms with Crippen LogP contribution in [0.2, 0.25) is 0 Å². The summed E-state index contributed by atoms with van der Waals surface area (Å²) in [5, 5.41) is 0. The Morgan fingerprint density at radius 1 is 1.33 bits per heavy atom. The maximum absolute atomic E-state index is 12.1. The van der Waals surface area contributed by atoms with E-state index >= 15 is 0 Å². The number of ether oxygens (including phenoxy) is 1. The highest BCUT2D eigenvalue weighted by Crippen LogP contribution is 2.45. The van der Waals surface area contributed by atoms with Crippen LogP contribution < -0.4 is 0 Å². The van der Waals surface area contributed by atoms with E-state index in [2.05, 4.69) is 4.99 Å². The number of carbonyl (C=O) groups excluding carboxylic acids is 2. The summed E-state index contributed by atoms with van der Waals surface area (Å²) in [4.78, 5) is 29.8. The first kappa shape index (κ1) is 11.6. The molecule has 96 valence electrons. The average Bonchev–Trinajstić information content (AvgIpc) is 2.69. The van der Waals surface area contributed by atoms with Crippen molar-refractivity contribution in [3.05, 3.63) is 11.6 Å². The number of allylic oxidation sites excluding steroid dienone is 1. The number of hydrogen-bond acceptors (Lipinski definition) is 4. The molecule has 2 fully saturated rings. The molecule has 0 aromatic carbocycles. The molecule has 0 spiro atoms. The third-order valence-electron chi connectivity index (χ3n) is 4.23. The molecule has 0 saturated carbocycles. The van der Waals surface area contributed by atoms with Crippen molar-refractivity contribution >= 4 is 17.5 Å². The lowest BCUT2D eigenvalue weighted by Gasteiger charge is -2.31. The van der Waals surface area contributed by atoms with Crippen molar-refractivity contribution in [3.8, 4) is 0 Å². The summed E-state index contributed by atoms with van der Waals surface area (Å²) in [6, 6.07) is -0.285. The van der Waals surface area contributed by atoms with Crippen molar-refractivity contribution in [1.82, 2.24) is 4.90 Å². The van der Waals surface area contributed by atoms with Gasteiger partial charge in [0.2, 0.25) is 5.91 Å². The van der Waals surface area contributed by atoms with E-state index in [1.165, 1.54) is 7.05 Å². The van der Waals surface area contributed by atoms with Gasteiger partial charge in [-0.15, -0.1) is 0 Å². The van der Waals surface area contributed by atoms with Crippen LogP contribution in [0.1, 0.15) is 20.8 Å². The summed E-state index contributed by atoms with van der Waals surface area (Å²) in [6.07, 6.45) is 1.31. The first-order valence-corrected chi connectivity index (χ1v) is 6.08. The summed E-state index contributed by atoms with van der Waals surface area (Å²) in [5.41, 5.74) is 1.32. The Morgan fingerprint density at radius 2 is 2.00 bits per heavy atom. The maximum atomic E-state index is 12.1. The number of likely N-dealkylation sites (N-methyl/N-ethyl adjacent to an activating group) is 1. The molecule has 18 heavy (non-hydrogen) atoms. The zero-order valence-electron chi connectivity index (χ0n) is 10.9. The maximum Gasteiger partial charge on any atom is 0.259 e. The fraction of sp³-hybridized carbons (Fsp3) is 0.615. The average molecular weight is 248 g/mol. The molecule has 0 aliphatic carbocycles. The van der Waals surface area contributed by atoms with Crippen molar-refractivity contribution < 1.29 is 14.3 Å². The standard InChI is InChI=1S/C13H16N2O3/c1-6-5-13(3)10(14-7(6)2)8-9(18-13)12(17)15(4)11(8)16/h5,8-10H,1-4H3. The highest BCUT2D eigenvalue weighted by molar-refractivity contribution is 6.08. The molecule has 0 bridgehead atoms. The molecule has 0 aromatic heterocycles. The molecule has 2 saturated heterocycles. The molecule has 3 rings (SSSR count). The molecule has 3 aliphatic heterocycles. The van der Waals surface area contributed by atoms with E-state index in [0.717, 1.165) is 16.2 Å². The van der Waals surface area contributed by atoms with Crippen molar-refractivity contribution in [3.63, 3.8) is 0 Å². The number of imide groups is 1. The van der Waals surface area contributed by atoms with E-state index in [1.54, 1.807) is 0 Å². The van der Waals surface area contributed by atoms with E-state index in [0.29, 0.717) is 0 Å². The second-order valence-corrected chi connectivity index (χ2v) is 5.47. The molecule has 3 aliphatic rings. The van der Waals surface area contributed by atoms with Crippen LogP contribution in [0.25, 0.3) is 0 Å². The molecule has 2 amide bonds. The van der Waals surface area contributed by atoms with Gasteiger partial charge in [-0.3, -0.25) is 19.5 Å². The molecule has 5 heteroatoms. The van der Waals surface area contributed by atoms with Crippen LogP contribution in [-0.2, 0) is 14.3 Å². The van der Waals surface area contributed by atoms with Crippen LogP contribution in [0.15, 0.2) is 16.6 Å². The minimum atomic E-state index is -0.670. The van der Waals surface area contributed by atoms with Gasteiger partial charge in [0, 0.05) is 12.8 Å². The highest BCUT2D eigenvalue weighted by atomic mass is 16.5. The Balaban J connectivity index is 2.08. The summed E-state index contributed by atoms with van der Waals surface area (Å²) in [7, 11) is 1.50. The van der Waals surface area contributed by atoms with Gasteiger partial charge >= 0.3 is 0 Å². The van der Waals surface area contributed by atoms with E-state index in [-0.39, 0.29) is 17.9 Å². The lowest BCUT2D eigenvalue weighted by molar-refractivity contribution is -0.143. The van der Waals surface area contributed by atoms with Gasteiger partial charge in [-0.1, -0.05) is 0 Å². The predicted molar refractivity (Wildman–Crippen MR) is 65.2 cm³/mol. The van der Waals surface area contributed by atoms with Gasteiger partial charge < -0.3 is 4.74 Å². The monoisotopic (exact) mass is 248 g/mol. The SMILES string of the molecule is CC1=CC2(C)OC3C(=O)N(C)C(=O)C3C2N=C1C. The number of amides is 2. The van der Waals surface area contributed by atoms with Crippen LogP contribution >= 0.6 is 0 Å². The Bertz CT molecular complexity index is 522. The van der Waals surface area contributed by atoms with Gasteiger partial charge in [0.15, 0.2) is 6.10 Å². The van der Waals surface area contributed by atoms with Crippen molar-refractivity contribution in [2.45, 2.75) is 38.5 Å². The lowest BCUT2D eigenvalue weighted by atomic mass is 9.84. The quantitative estimate of drug-likeness (QED) is 0.588. The van der Waals surface area contributed by atoms with Crippen LogP contribution in [0, 0.1) is 5.92 Å². The van der Waals surface area contributed by atoms with Gasteiger partial charge in [0.05, 0.1) is 12.0 Å². The predicted octanol–water partition coefficient (Wildman–Crippen LogP) is 0.548. The van der Waals surface area contributed by atoms with Crippen molar-refractivity contribution in [2.75, 3.05) is 7.05 Å². The fourth-order valence-corrected chi connectivity index (χ4v) is 3.10. The second-order valence-electron chi connectivity index (χ2n) is 5.47. The third-order valence-corrected chi connectivity index (χ3v) is 4.23. The van der Waals surface area contributed by atoms with Gasteiger partial charge in [-0.2, -0.15) is 0 Å². The Hall–Kier alpha value is -1.49. The van der Waals surface area contributed by atoms with E-state index in [1.807, 2.05) is 26.8 Å². The molecule has 0 N–H and O–H groups in total. The van der Waals surface area contributed by atoms with Crippen molar-refractivity contribution in [1.29, 1.82) is 0 Å². The number of rotatable bonds is 0. The number of fused-ring (bicyclic) bond motifs is 3. The minimum Gasteiger partial charge on any atom is -0.355 e. The molecule has 5 nitrogen and oxygen atoms in total. The Labute approximate surface area is 106 Å². The number of likely N-dealkylation sites (tertiary alicyclic amines) is 1. The summed E-state index contributed by atoms with van der Waals surface area (Å²) < 4.78 is 5.85. The topological polar surface area (TPSA) is 59.0 Å². The number of dihydropyridines is 1. The first-order valence-electron chi connectivity index (χ1n) is 6.08. The summed E-state index contributed by atoms with van der Waals surface area (Å²) in [5.74, 6) is -0.894. The molecular formula is C13H16N2O3. The zero-order chi connectivity index (χ0) is 13.2. The molecule has 4 atom stereocenters. The molecule has 0 radical (unpaired) electrons. The van der Waals surface area contributed by atoms with Crippen LogP contribution in [0.4, 0.5) is 0 Å². The van der Waals surface area contributed by atoms with E-state index < -0.39 is 17.6 Å². The smallest absolute Gasteiger partial charge is 0.259 e. The zero-order valence-corrected chi connectivity index (χ0v) is 10.9. The largest absolute Gasteiger partial charge is 0.355 e. The van der Waals surface area contributed by atoms with Crippen LogP contribution in [-0.4, -0.2) is 47.2 Å². The van der Waals surface area contributed by atoms with Gasteiger partial charge in [0.1, 0.15) is 5.60 Å². The Kier molecular flexibility index (Phi) is 2.12. The van der Waals surface area contributed by atoms with Crippen LogP contribution in [0.3, 0.4) is 0 Å². The molecule has 3 heterocycles. The summed E-state index contributed by atoms with van der Waals surface area (Å²) in [6.45, 7) is 5.78. The minimum absolute atomic E-state index is 0.178. The normalized spacial score (nSPS) is 42.7. The van der Waals surface area contributed by atoms with Gasteiger partial charge in [-0.25, -0.2) is 0 Å². The Morgan fingerprint density at radius 3 is 2.67 bits per heavy atom. The van der Waals surface area contributed by atoms with Crippen molar-refractivity contribution in [2.24, 2.45) is 10.9 Å². The van der Waals surface area contributed by atoms with Crippen LogP contribution in [0.5, 0.6) is 0 Å². The summed E-state index contributed by atoms with van der Waals surface area (Å²) >= 11 is 0. The van der Waals surface area contributed by atoms with Gasteiger partial charge in [0.25, 0.3) is 5.91 Å². The molecular weight excluding hydrogens is 232 g/mol. The highest BCUT2D eigenvalue weighted by Gasteiger charge is 2.63. The number of aliphatic imine (C=N–C) groups is 1. The van der Waals surface area contributed by atoms with E-state index in [4.69, 9.17) is 4.74 Å². The number of nitrogens with zero attached hydrogens (tertiary/aromatic N) is 2. The lowest BCUT2D eigenvalue weighted by Crippen LogP contribution is -2.43. The number of hydrogen-bond donors (Lipinski definition) is 0. The van der Waals surface area contributed by atoms with Gasteiger partial charge in [-0.05, 0) is 32.4 Å². The molecule has 4 unspecified atom stereocenters. The second kappa shape index (κ2) is 3.29.